The molecule has 1 fully saturated rings. The molecule has 1 aliphatic rings. The van der Waals surface area contributed by atoms with Gasteiger partial charge in [0.15, 0.2) is 0 Å². The Kier molecular flexibility index (Phi) is 2.94. The van der Waals surface area contributed by atoms with Crippen LogP contribution in [0.2, 0.25) is 0 Å². The number of alkyl halides is 2. The summed E-state index contributed by atoms with van der Waals surface area (Å²) >= 11 is 11.5. The summed E-state index contributed by atoms with van der Waals surface area (Å²) in [7, 11) is 5.54. The van der Waals surface area contributed by atoms with Crippen LogP contribution < -0.4 is 0 Å². The van der Waals surface area contributed by atoms with E-state index in [-0.39, 0.29) is 0 Å². The van der Waals surface area contributed by atoms with Crippen LogP contribution in [0.5, 0.6) is 0 Å². The standard InChI is InChI=1S/C7H11BCl2/c8-7(9,10)6-4-2-1-3-5-6/h6H,1-5H2. The first-order valence-corrected chi connectivity index (χ1v) is 4.53. The Morgan fingerprint density at radius 3 is 1.90 bits per heavy atom. The minimum atomic E-state index is -0.986. The quantitative estimate of drug-likeness (QED) is 0.426. The zero-order valence-corrected chi connectivity index (χ0v) is 7.46. The van der Waals surface area contributed by atoms with Crippen molar-refractivity contribution in [1.82, 2.24) is 0 Å². The predicted molar refractivity (Wildman–Crippen MR) is 46.8 cm³/mol. The van der Waals surface area contributed by atoms with Gasteiger partial charge in [0.25, 0.3) is 0 Å². The molecule has 3 heteroatoms. The Bertz CT molecular complexity index is 103. The fraction of sp³-hybridized carbons (Fsp3) is 1.00. The number of hydrogen-bond donors (Lipinski definition) is 0. The molecule has 0 aromatic heterocycles. The molecule has 0 unspecified atom stereocenters. The lowest BCUT2D eigenvalue weighted by atomic mass is 9.79. The highest BCUT2D eigenvalue weighted by molar-refractivity contribution is 6.65. The van der Waals surface area contributed by atoms with Crippen LogP contribution in [0, 0.1) is 5.92 Å². The van der Waals surface area contributed by atoms with Crippen LogP contribution in [0.3, 0.4) is 0 Å². The summed E-state index contributed by atoms with van der Waals surface area (Å²) in [6.07, 6.45) is 5.93. The third-order valence-corrected chi connectivity index (χ3v) is 2.77. The number of halogens is 2. The Morgan fingerprint density at radius 1 is 1.10 bits per heavy atom. The van der Waals surface area contributed by atoms with Crippen molar-refractivity contribution in [3.8, 4) is 0 Å². The molecule has 56 valence electrons. The molecule has 0 saturated heterocycles. The highest BCUT2D eigenvalue weighted by atomic mass is 35.5. The van der Waals surface area contributed by atoms with Gasteiger partial charge in [0.2, 0.25) is 0 Å². The molecule has 0 bridgehead atoms. The van der Waals surface area contributed by atoms with Gasteiger partial charge in [-0.05, 0) is 18.8 Å². The van der Waals surface area contributed by atoms with Gasteiger partial charge in [-0.25, -0.2) is 0 Å². The Hall–Kier alpha value is 0.645. The second-order valence-corrected chi connectivity index (χ2v) is 4.45. The largest absolute Gasteiger partial charge is 0.119 e. The third kappa shape index (κ3) is 2.36. The van der Waals surface area contributed by atoms with Crippen LogP contribution in [0.4, 0.5) is 0 Å². The van der Waals surface area contributed by atoms with Gasteiger partial charge in [0.05, 0.1) is 4.23 Å². The van der Waals surface area contributed by atoms with E-state index in [1.165, 1.54) is 19.3 Å². The van der Waals surface area contributed by atoms with E-state index >= 15 is 0 Å². The van der Waals surface area contributed by atoms with E-state index in [0.29, 0.717) is 5.92 Å². The lowest BCUT2D eigenvalue weighted by molar-refractivity contribution is 0.362. The van der Waals surface area contributed by atoms with Crippen molar-refractivity contribution >= 4 is 31.0 Å². The zero-order chi connectivity index (χ0) is 7.61. The smallest absolute Gasteiger partial charge is 0.113 e. The van der Waals surface area contributed by atoms with E-state index in [0.717, 1.165) is 12.8 Å². The van der Waals surface area contributed by atoms with Gasteiger partial charge in [0, 0.05) is 0 Å². The van der Waals surface area contributed by atoms with E-state index in [2.05, 4.69) is 0 Å². The van der Waals surface area contributed by atoms with Crippen molar-refractivity contribution in [2.45, 2.75) is 36.3 Å². The van der Waals surface area contributed by atoms with Crippen LogP contribution in [-0.4, -0.2) is 12.1 Å². The van der Waals surface area contributed by atoms with Crippen molar-refractivity contribution in [1.29, 1.82) is 0 Å². The maximum Gasteiger partial charge on any atom is 0.119 e. The lowest BCUT2D eigenvalue weighted by Crippen LogP contribution is -2.27. The number of rotatable bonds is 1. The van der Waals surface area contributed by atoms with E-state index in [1.807, 2.05) is 0 Å². The van der Waals surface area contributed by atoms with Crippen molar-refractivity contribution in [3.05, 3.63) is 0 Å². The highest BCUT2D eigenvalue weighted by Gasteiger charge is 2.29. The minimum absolute atomic E-state index is 0.310. The first-order valence-electron chi connectivity index (χ1n) is 3.77. The van der Waals surface area contributed by atoms with Gasteiger partial charge < -0.3 is 0 Å². The van der Waals surface area contributed by atoms with E-state index < -0.39 is 4.23 Å². The van der Waals surface area contributed by atoms with Crippen LogP contribution in [0.25, 0.3) is 0 Å². The molecule has 10 heavy (non-hydrogen) atoms. The summed E-state index contributed by atoms with van der Waals surface area (Å²) in [6, 6.07) is 0. The van der Waals surface area contributed by atoms with E-state index in [9.17, 15) is 0 Å². The van der Waals surface area contributed by atoms with Crippen molar-refractivity contribution in [2.24, 2.45) is 5.92 Å². The maximum absolute atomic E-state index is 5.76. The molecule has 1 saturated carbocycles. The summed E-state index contributed by atoms with van der Waals surface area (Å²) in [6.45, 7) is 0. The molecular weight excluding hydrogens is 166 g/mol. The van der Waals surface area contributed by atoms with Gasteiger partial charge in [-0.2, -0.15) is 0 Å². The fourth-order valence-electron chi connectivity index (χ4n) is 1.49. The van der Waals surface area contributed by atoms with Crippen molar-refractivity contribution in [2.75, 3.05) is 0 Å². The molecule has 0 spiro atoms. The SMILES string of the molecule is [B]C(Cl)(Cl)C1CCCCC1. The maximum atomic E-state index is 5.76. The van der Waals surface area contributed by atoms with Crippen molar-refractivity contribution < 1.29 is 0 Å². The first kappa shape index (κ1) is 8.74. The van der Waals surface area contributed by atoms with Gasteiger partial charge in [0.1, 0.15) is 7.85 Å². The average molecular weight is 177 g/mol. The third-order valence-electron chi connectivity index (χ3n) is 2.15. The summed E-state index contributed by atoms with van der Waals surface area (Å²) < 4.78 is -0.986. The minimum Gasteiger partial charge on any atom is -0.113 e. The molecule has 1 rings (SSSR count). The molecule has 0 aromatic carbocycles. The molecule has 0 nitrogen and oxygen atoms in total. The molecule has 2 radical (unpaired) electrons. The first-order chi connectivity index (χ1) is 4.61. The van der Waals surface area contributed by atoms with Gasteiger partial charge in [-0.3, -0.25) is 0 Å². The monoisotopic (exact) mass is 176 g/mol. The zero-order valence-electron chi connectivity index (χ0n) is 5.95. The normalized spacial score (nSPS) is 23.0. The van der Waals surface area contributed by atoms with Gasteiger partial charge in [-0.15, -0.1) is 23.2 Å². The summed E-state index contributed by atoms with van der Waals surface area (Å²) in [4.78, 5) is 0. The molecule has 0 aromatic rings. The highest BCUT2D eigenvalue weighted by Crippen LogP contribution is 2.37. The van der Waals surface area contributed by atoms with Crippen LogP contribution >= 0.6 is 23.2 Å². The van der Waals surface area contributed by atoms with Crippen LogP contribution in [-0.2, 0) is 0 Å². The van der Waals surface area contributed by atoms with Crippen molar-refractivity contribution in [3.63, 3.8) is 0 Å². The van der Waals surface area contributed by atoms with Crippen LogP contribution in [0.1, 0.15) is 32.1 Å². The second-order valence-electron chi connectivity index (χ2n) is 3.01. The van der Waals surface area contributed by atoms with Crippen LogP contribution in [0.15, 0.2) is 0 Å². The molecule has 0 N–H and O–H groups in total. The molecule has 0 heterocycles. The molecule has 0 atom stereocenters. The Labute approximate surface area is 73.7 Å². The second kappa shape index (κ2) is 3.36. The number of hydrogen-bond acceptors (Lipinski definition) is 0. The van der Waals surface area contributed by atoms with E-state index in [1.54, 1.807) is 0 Å². The summed E-state index contributed by atoms with van der Waals surface area (Å²) in [5, 5.41) is 0. The molecule has 0 amide bonds. The van der Waals surface area contributed by atoms with Gasteiger partial charge >= 0.3 is 0 Å². The molecule has 1 aliphatic carbocycles. The predicted octanol–water partition coefficient (Wildman–Crippen LogP) is 2.87. The topological polar surface area (TPSA) is 0 Å². The Morgan fingerprint density at radius 2 is 1.60 bits per heavy atom. The fourth-order valence-corrected chi connectivity index (χ4v) is 1.92. The Balaban J connectivity index is 2.39. The summed E-state index contributed by atoms with van der Waals surface area (Å²) in [5.74, 6) is 0.310. The lowest BCUT2D eigenvalue weighted by Gasteiger charge is -2.30. The molecule has 0 aliphatic heterocycles. The van der Waals surface area contributed by atoms with Gasteiger partial charge in [-0.1, -0.05) is 19.3 Å². The summed E-state index contributed by atoms with van der Waals surface area (Å²) in [5.41, 5.74) is 0. The average Bonchev–Trinajstić information content (AvgIpc) is 1.88. The van der Waals surface area contributed by atoms with E-state index in [4.69, 9.17) is 31.0 Å². The molecular formula is C7H11BCl2.